The molecule has 0 saturated carbocycles. The predicted molar refractivity (Wildman–Crippen MR) is 54.8 cm³/mol. The number of likely N-dealkylation sites (N-methyl/N-ethyl adjacent to an activating group) is 1. The van der Waals surface area contributed by atoms with Crippen LogP contribution >= 0.6 is 0 Å². The molecule has 78 valence electrons. The first kappa shape index (κ1) is 11.0. The van der Waals surface area contributed by atoms with E-state index in [-0.39, 0.29) is 6.61 Å². The Morgan fingerprint density at radius 1 is 1.54 bits per heavy atom. The maximum absolute atomic E-state index is 8.77. The molecule has 0 unspecified atom stereocenters. The smallest absolute Gasteiger partial charge is 0.0558 e. The predicted octanol–water partition coefficient (Wildman–Crippen LogP) is 0.252. The lowest BCUT2D eigenvalue weighted by Crippen LogP contribution is -2.38. The number of aliphatic hydroxyl groups is 1. The number of piperidine rings is 1. The fraction of sp³-hybridized carbons (Fsp3) is 1.00. The highest BCUT2D eigenvalue weighted by Crippen LogP contribution is 2.15. The summed E-state index contributed by atoms with van der Waals surface area (Å²) < 4.78 is 0. The molecule has 0 radical (unpaired) electrons. The number of aliphatic hydroxyl groups excluding tert-OH is 1. The first-order valence-electron chi connectivity index (χ1n) is 5.20. The topological polar surface area (TPSA) is 26.7 Å². The van der Waals surface area contributed by atoms with E-state index < -0.39 is 0 Å². The molecule has 1 aliphatic heterocycles. The van der Waals surface area contributed by atoms with Crippen molar-refractivity contribution in [1.29, 1.82) is 0 Å². The molecule has 0 aliphatic carbocycles. The minimum absolute atomic E-state index is 0.277. The van der Waals surface area contributed by atoms with Crippen LogP contribution in [0.15, 0.2) is 0 Å². The molecule has 0 aromatic carbocycles. The van der Waals surface area contributed by atoms with Crippen LogP contribution in [0.4, 0.5) is 0 Å². The van der Waals surface area contributed by atoms with Crippen LogP contribution in [0.2, 0.25) is 0 Å². The third kappa shape index (κ3) is 4.07. The van der Waals surface area contributed by atoms with Gasteiger partial charge in [-0.2, -0.15) is 0 Å². The van der Waals surface area contributed by atoms with Crippen molar-refractivity contribution in [2.75, 3.05) is 46.9 Å². The average molecular weight is 186 g/mol. The summed E-state index contributed by atoms with van der Waals surface area (Å²) in [6.07, 6.45) is 2.67. The molecular formula is C10H22N2O. The summed E-state index contributed by atoms with van der Waals surface area (Å²) in [7, 11) is 4.28. The third-order valence-electron chi connectivity index (χ3n) is 2.77. The Morgan fingerprint density at radius 2 is 2.31 bits per heavy atom. The van der Waals surface area contributed by atoms with Crippen LogP contribution in [-0.4, -0.2) is 61.8 Å². The fourth-order valence-electron chi connectivity index (χ4n) is 2.13. The molecular weight excluding hydrogens is 164 g/mol. The van der Waals surface area contributed by atoms with E-state index >= 15 is 0 Å². The van der Waals surface area contributed by atoms with E-state index in [1.54, 1.807) is 0 Å². The van der Waals surface area contributed by atoms with Crippen molar-refractivity contribution in [2.45, 2.75) is 12.8 Å². The fourth-order valence-corrected chi connectivity index (χ4v) is 2.13. The molecule has 1 N–H and O–H groups in total. The SMILES string of the molecule is CN(CCO)C[C@H]1CCCN(C)C1. The number of rotatable bonds is 4. The summed E-state index contributed by atoms with van der Waals surface area (Å²) in [4.78, 5) is 4.63. The van der Waals surface area contributed by atoms with Crippen molar-refractivity contribution < 1.29 is 5.11 Å². The molecule has 0 spiro atoms. The molecule has 1 rings (SSSR count). The molecule has 0 aromatic rings. The van der Waals surface area contributed by atoms with Gasteiger partial charge in [-0.05, 0) is 39.4 Å². The van der Waals surface area contributed by atoms with E-state index in [4.69, 9.17) is 5.11 Å². The Hall–Kier alpha value is -0.120. The van der Waals surface area contributed by atoms with Gasteiger partial charge in [-0.3, -0.25) is 0 Å². The van der Waals surface area contributed by atoms with Crippen LogP contribution in [-0.2, 0) is 0 Å². The van der Waals surface area contributed by atoms with Gasteiger partial charge in [0, 0.05) is 19.6 Å². The van der Waals surface area contributed by atoms with E-state index in [0.717, 1.165) is 19.0 Å². The molecule has 1 fully saturated rings. The van der Waals surface area contributed by atoms with Gasteiger partial charge in [0.15, 0.2) is 0 Å². The van der Waals surface area contributed by atoms with Crippen LogP contribution < -0.4 is 0 Å². The zero-order chi connectivity index (χ0) is 9.68. The molecule has 0 bridgehead atoms. The molecule has 0 amide bonds. The summed E-state index contributed by atoms with van der Waals surface area (Å²) in [5.74, 6) is 0.801. The van der Waals surface area contributed by atoms with Crippen molar-refractivity contribution in [1.82, 2.24) is 9.80 Å². The van der Waals surface area contributed by atoms with Gasteiger partial charge >= 0.3 is 0 Å². The van der Waals surface area contributed by atoms with E-state index in [9.17, 15) is 0 Å². The average Bonchev–Trinajstić information content (AvgIpc) is 2.04. The van der Waals surface area contributed by atoms with Crippen molar-refractivity contribution in [3.05, 3.63) is 0 Å². The normalized spacial score (nSPS) is 25.4. The minimum Gasteiger partial charge on any atom is -0.395 e. The van der Waals surface area contributed by atoms with Crippen LogP contribution in [0.25, 0.3) is 0 Å². The first-order valence-corrected chi connectivity index (χ1v) is 5.20. The minimum atomic E-state index is 0.277. The highest BCUT2D eigenvalue weighted by Gasteiger charge is 2.17. The van der Waals surface area contributed by atoms with E-state index in [1.165, 1.54) is 25.9 Å². The molecule has 0 aromatic heterocycles. The van der Waals surface area contributed by atoms with Crippen molar-refractivity contribution in [3.8, 4) is 0 Å². The van der Waals surface area contributed by atoms with Gasteiger partial charge in [-0.15, -0.1) is 0 Å². The van der Waals surface area contributed by atoms with Crippen molar-refractivity contribution in [2.24, 2.45) is 5.92 Å². The molecule has 3 nitrogen and oxygen atoms in total. The molecule has 1 aliphatic rings. The van der Waals surface area contributed by atoms with E-state index in [0.29, 0.717) is 0 Å². The Morgan fingerprint density at radius 3 is 2.92 bits per heavy atom. The maximum Gasteiger partial charge on any atom is 0.0558 e. The Bertz CT molecular complexity index is 141. The Balaban J connectivity index is 2.19. The lowest BCUT2D eigenvalue weighted by Gasteiger charge is -2.32. The van der Waals surface area contributed by atoms with Crippen molar-refractivity contribution in [3.63, 3.8) is 0 Å². The molecule has 1 heterocycles. The Labute approximate surface area is 81.3 Å². The van der Waals surface area contributed by atoms with Crippen molar-refractivity contribution >= 4 is 0 Å². The summed E-state index contributed by atoms with van der Waals surface area (Å²) in [6.45, 7) is 4.68. The summed E-state index contributed by atoms with van der Waals surface area (Å²) in [6, 6.07) is 0. The third-order valence-corrected chi connectivity index (χ3v) is 2.77. The highest BCUT2D eigenvalue weighted by atomic mass is 16.3. The zero-order valence-electron chi connectivity index (χ0n) is 8.87. The van der Waals surface area contributed by atoms with Gasteiger partial charge in [0.1, 0.15) is 0 Å². The summed E-state index contributed by atoms with van der Waals surface area (Å²) in [5.41, 5.74) is 0. The lowest BCUT2D eigenvalue weighted by atomic mass is 9.98. The van der Waals surface area contributed by atoms with Gasteiger partial charge in [0.25, 0.3) is 0 Å². The van der Waals surface area contributed by atoms with Gasteiger partial charge < -0.3 is 14.9 Å². The second kappa shape index (κ2) is 5.58. The Kier molecular flexibility index (Phi) is 4.70. The largest absolute Gasteiger partial charge is 0.395 e. The first-order chi connectivity index (χ1) is 6.22. The lowest BCUT2D eigenvalue weighted by molar-refractivity contribution is 0.150. The summed E-state index contributed by atoms with van der Waals surface area (Å²) in [5, 5.41) is 8.77. The monoisotopic (exact) mass is 186 g/mol. The molecule has 1 saturated heterocycles. The second-order valence-electron chi connectivity index (χ2n) is 4.26. The van der Waals surface area contributed by atoms with Crippen LogP contribution in [0.5, 0.6) is 0 Å². The number of likely N-dealkylation sites (tertiary alicyclic amines) is 1. The summed E-state index contributed by atoms with van der Waals surface area (Å²) >= 11 is 0. The number of nitrogens with zero attached hydrogens (tertiary/aromatic N) is 2. The quantitative estimate of drug-likeness (QED) is 0.682. The molecule has 13 heavy (non-hydrogen) atoms. The number of hydrogen-bond acceptors (Lipinski definition) is 3. The maximum atomic E-state index is 8.77. The second-order valence-corrected chi connectivity index (χ2v) is 4.26. The van der Waals surface area contributed by atoms with Gasteiger partial charge in [-0.1, -0.05) is 0 Å². The highest BCUT2D eigenvalue weighted by molar-refractivity contribution is 4.72. The van der Waals surface area contributed by atoms with Gasteiger partial charge in [-0.25, -0.2) is 0 Å². The van der Waals surface area contributed by atoms with Crippen LogP contribution in [0.3, 0.4) is 0 Å². The van der Waals surface area contributed by atoms with E-state index in [2.05, 4.69) is 23.9 Å². The standard InChI is InChI=1S/C10H22N2O/c1-11-5-3-4-10(8-11)9-12(2)6-7-13/h10,13H,3-9H2,1-2H3/t10-/m0/s1. The zero-order valence-corrected chi connectivity index (χ0v) is 8.87. The van der Waals surface area contributed by atoms with Gasteiger partial charge in [0.05, 0.1) is 6.61 Å². The number of hydrogen-bond donors (Lipinski definition) is 1. The molecule has 3 heteroatoms. The van der Waals surface area contributed by atoms with Gasteiger partial charge in [0.2, 0.25) is 0 Å². The van der Waals surface area contributed by atoms with Crippen LogP contribution in [0, 0.1) is 5.92 Å². The van der Waals surface area contributed by atoms with Crippen LogP contribution in [0.1, 0.15) is 12.8 Å². The van der Waals surface area contributed by atoms with E-state index in [1.807, 2.05) is 0 Å². The molecule has 1 atom stereocenters.